The van der Waals surface area contributed by atoms with Crippen LogP contribution < -0.4 is 10.9 Å². The third-order valence-corrected chi connectivity index (χ3v) is 10.5. The van der Waals surface area contributed by atoms with E-state index in [0.717, 1.165) is 78.4 Å². The Bertz CT molecular complexity index is 1990. The van der Waals surface area contributed by atoms with Crippen LogP contribution in [0.1, 0.15) is 65.9 Å². The second-order valence-corrected chi connectivity index (χ2v) is 13.8. The van der Waals surface area contributed by atoms with Crippen molar-refractivity contribution in [3.05, 3.63) is 129 Å². The van der Waals surface area contributed by atoms with Gasteiger partial charge < -0.3 is 14.5 Å². The predicted molar refractivity (Wildman–Crippen MR) is 191 cm³/mol. The fourth-order valence-corrected chi connectivity index (χ4v) is 7.30. The van der Waals surface area contributed by atoms with Crippen LogP contribution in [0.3, 0.4) is 0 Å². The van der Waals surface area contributed by atoms with Crippen molar-refractivity contribution >= 4 is 11.8 Å². The van der Waals surface area contributed by atoms with Gasteiger partial charge >= 0.3 is 6.18 Å². The van der Waals surface area contributed by atoms with Crippen molar-refractivity contribution < 1.29 is 17.6 Å². The highest BCUT2D eigenvalue weighted by molar-refractivity contribution is 7.98. The van der Waals surface area contributed by atoms with Crippen molar-refractivity contribution in [2.24, 2.45) is 0 Å². The fraction of sp³-hybridized carbons (Fsp3) is 0.368. The largest absolute Gasteiger partial charge is 0.416 e. The number of nitrogens with zero attached hydrogens (tertiary/aromatic N) is 6. The Hall–Kier alpha value is -4.33. The quantitative estimate of drug-likeness (QED) is 0.0566. The Balaban J connectivity index is 1.33. The molecule has 13 heteroatoms. The van der Waals surface area contributed by atoms with E-state index < -0.39 is 11.7 Å². The highest BCUT2D eigenvalue weighted by Crippen LogP contribution is 2.32. The zero-order valence-electron chi connectivity index (χ0n) is 28.9. The molecule has 1 unspecified atom stereocenters. The summed E-state index contributed by atoms with van der Waals surface area (Å²) in [6.07, 6.45) is -2.08. The van der Waals surface area contributed by atoms with Crippen LogP contribution in [0.25, 0.3) is 11.1 Å². The third-order valence-electron chi connectivity index (χ3n) is 9.40. The molecule has 1 aliphatic rings. The second kappa shape index (κ2) is 15.9. The molecule has 2 aromatic heterocycles. The van der Waals surface area contributed by atoms with E-state index in [0.29, 0.717) is 41.8 Å². The lowest BCUT2D eigenvalue weighted by molar-refractivity contribution is -0.137. The van der Waals surface area contributed by atoms with Crippen molar-refractivity contribution in [2.45, 2.75) is 69.3 Å². The van der Waals surface area contributed by atoms with E-state index in [2.05, 4.69) is 45.2 Å². The fourth-order valence-electron chi connectivity index (χ4n) is 6.34. The SMILES string of the molecule is CCNCCN(C)C(C)c1nnc(Cn2c(SCc3ccc(F)cc3)nc(=O)c3c2CCC3)n1Cc1ccc(-c2ccc(C(F)(F)F)cc2)cc1. The summed E-state index contributed by atoms with van der Waals surface area (Å²) in [6.45, 7) is 7.50. The zero-order chi connectivity index (χ0) is 36.1. The minimum absolute atomic E-state index is 0.0681. The van der Waals surface area contributed by atoms with E-state index in [1.54, 1.807) is 12.1 Å². The number of benzene rings is 3. The molecular formula is C38H41F4N7OS. The Labute approximate surface area is 298 Å². The summed E-state index contributed by atoms with van der Waals surface area (Å²) < 4.78 is 57.1. The van der Waals surface area contributed by atoms with Gasteiger partial charge in [0.15, 0.2) is 11.0 Å². The number of hydrogen-bond acceptors (Lipinski definition) is 7. The summed E-state index contributed by atoms with van der Waals surface area (Å²) >= 11 is 1.44. The average Bonchev–Trinajstić information content (AvgIpc) is 3.77. The van der Waals surface area contributed by atoms with Gasteiger partial charge in [0.1, 0.15) is 11.6 Å². The lowest BCUT2D eigenvalue weighted by atomic mass is 10.0. The molecule has 0 saturated carbocycles. The second-order valence-electron chi connectivity index (χ2n) is 12.8. The highest BCUT2D eigenvalue weighted by Gasteiger charge is 2.30. The van der Waals surface area contributed by atoms with E-state index in [4.69, 9.17) is 10.2 Å². The number of likely N-dealkylation sites (N-methyl/N-ethyl adjacent to an activating group) is 2. The van der Waals surface area contributed by atoms with Crippen LogP contribution in [0.5, 0.6) is 0 Å². The van der Waals surface area contributed by atoms with E-state index in [-0.39, 0.29) is 17.4 Å². The Morgan fingerprint density at radius 2 is 1.57 bits per heavy atom. The topological polar surface area (TPSA) is 80.9 Å². The van der Waals surface area contributed by atoms with Crippen LogP contribution in [0.2, 0.25) is 0 Å². The van der Waals surface area contributed by atoms with Crippen molar-refractivity contribution in [1.82, 2.24) is 34.5 Å². The molecular weight excluding hydrogens is 679 g/mol. The molecule has 5 aromatic rings. The number of rotatable bonds is 14. The predicted octanol–water partition coefficient (Wildman–Crippen LogP) is 7.14. The number of nitrogens with one attached hydrogen (secondary N) is 1. The van der Waals surface area contributed by atoms with Crippen LogP contribution >= 0.6 is 11.8 Å². The standard InChI is InChI=1S/C38H41F4N7OS/c1-4-43-20-21-47(3)25(2)35-46-45-34(49(35)22-26-8-12-28(13-9-26)29-14-16-30(17-15-29)38(40,41)42)23-48-33-7-5-6-32(33)36(50)44-37(48)51-24-27-10-18-31(39)19-11-27/h8-19,25,43H,4-7,20-24H2,1-3H3. The summed E-state index contributed by atoms with van der Waals surface area (Å²) in [6, 6.07) is 19.2. The number of hydrogen-bond donors (Lipinski definition) is 1. The van der Waals surface area contributed by atoms with Gasteiger partial charge in [-0.3, -0.25) is 9.69 Å². The molecule has 1 atom stereocenters. The molecule has 0 bridgehead atoms. The van der Waals surface area contributed by atoms with Crippen molar-refractivity contribution in [2.75, 3.05) is 26.7 Å². The highest BCUT2D eigenvalue weighted by atomic mass is 32.2. The van der Waals surface area contributed by atoms with Crippen molar-refractivity contribution in [3.8, 4) is 11.1 Å². The smallest absolute Gasteiger partial charge is 0.316 e. The minimum atomic E-state index is -4.39. The zero-order valence-corrected chi connectivity index (χ0v) is 29.7. The summed E-state index contributed by atoms with van der Waals surface area (Å²) in [5.41, 5.74) is 4.22. The molecule has 0 amide bonds. The Morgan fingerprint density at radius 1 is 0.902 bits per heavy atom. The van der Waals surface area contributed by atoms with Gasteiger partial charge in [-0.05, 0) is 86.3 Å². The molecule has 8 nitrogen and oxygen atoms in total. The summed E-state index contributed by atoms with van der Waals surface area (Å²) in [4.78, 5) is 19.8. The first kappa shape index (κ1) is 36.5. The molecule has 0 saturated heterocycles. The van der Waals surface area contributed by atoms with Gasteiger partial charge in [-0.25, -0.2) is 4.39 Å². The first-order chi connectivity index (χ1) is 24.5. The lowest BCUT2D eigenvalue weighted by Gasteiger charge is -2.25. The molecule has 0 radical (unpaired) electrons. The molecule has 2 heterocycles. The maximum Gasteiger partial charge on any atom is 0.416 e. The van der Waals surface area contributed by atoms with Gasteiger partial charge in [-0.15, -0.1) is 10.2 Å². The maximum absolute atomic E-state index is 13.6. The van der Waals surface area contributed by atoms with Crippen molar-refractivity contribution in [3.63, 3.8) is 0 Å². The van der Waals surface area contributed by atoms with E-state index in [9.17, 15) is 22.4 Å². The first-order valence-corrected chi connectivity index (χ1v) is 18.1. The number of fused-ring (bicyclic) bond motifs is 1. The van der Waals surface area contributed by atoms with Crippen LogP contribution in [0.15, 0.2) is 82.7 Å². The van der Waals surface area contributed by atoms with Crippen LogP contribution in [0.4, 0.5) is 17.6 Å². The number of alkyl halides is 3. The van der Waals surface area contributed by atoms with Gasteiger partial charge in [0.05, 0.1) is 24.7 Å². The van der Waals surface area contributed by atoms with Gasteiger partial charge in [0.25, 0.3) is 5.56 Å². The first-order valence-electron chi connectivity index (χ1n) is 17.1. The van der Waals surface area contributed by atoms with Crippen LogP contribution in [0, 0.1) is 5.82 Å². The van der Waals surface area contributed by atoms with Gasteiger partial charge in [0.2, 0.25) is 0 Å². The molecule has 6 rings (SSSR count). The summed E-state index contributed by atoms with van der Waals surface area (Å²) in [7, 11) is 2.06. The normalized spacial score (nSPS) is 13.6. The maximum atomic E-state index is 13.6. The average molecular weight is 720 g/mol. The minimum Gasteiger partial charge on any atom is -0.316 e. The van der Waals surface area contributed by atoms with Crippen molar-refractivity contribution in [1.29, 1.82) is 0 Å². The molecule has 0 fully saturated rings. The van der Waals surface area contributed by atoms with Crippen LogP contribution in [-0.4, -0.2) is 55.9 Å². The van der Waals surface area contributed by atoms with E-state index in [1.165, 1.54) is 36.0 Å². The lowest BCUT2D eigenvalue weighted by Crippen LogP contribution is -2.32. The molecule has 3 aromatic carbocycles. The molecule has 0 aliphatic heterocycles. The molecule has 1 aliphatic carbocycles. The van der Waals surface area contributed by atoms with Crippen LogP contribution in [-0.2, 0) is 37.9 Å². The van der Waals surface area contributed by atoms with E-state index in [1.807, 2.05) is 24.3 Å². The molecule has 268 valence electrons. The third kappa shape index (κ3) is 8.59. The van der Waals surface area contributed by atoms with Gasteiger partial charge in [0, 0.05) is 30.1 Å². The monoisotopic (exact) mass is 719 g/mol. The number of aromatic nitrogens is 5. The molecule has 51 heavy (non-hydrogen) atoms. The van der Waals surface area contributed by atoms with E-state index >= 15 is 0 Å². The van der Waals surface area contributed by atoms with Gasteiger partial charge in [-0.2, -0.15) is 18.2 Å². The Kier molecular flexibility index (Phi) is 11.4. The number of halogens is 4. The molecule has 1 N–H and O–H groups in total. The van der Waals surface area contributed by atoms with Gasteiger partial charge in [-0.1, -0.05) is 67.2 Å². The molecule has 0 spiro atoms. The Morgan fingerprint density at radius 3 is 2.24 bits per heavy atom. The summed E-state index contributed by atoms with van der Waals surface area (Å²) in [5, 5.41) is 13.4. The number of thioether (sulfide) groups is 1. The summed E-state index contributed by atoms with van der Waals surface area (Å²) in [5.74, 6) is 1.72.